The first-order chi connectivity index (χ1) is 6.42. The zero-order valence-electron chi connectivity index (χ0n) is 6.91. The van der Waals surface area contributed by atoms with E-state index in [9.17, 15) is 13.6 Å². The summed E-state index contributed by atoms with van der Waals surface area (Å²) in [6.45, 7) is 0. The first-order valence-corrected chi connectivity index (χ1v) is 4.39. The molecule has 0 amide bonds. The highest BCUT2D eigenvalue weighted by Crippen LogP contribution is 2.35. The van der Waals surface area contributed by atoms with Gasteiger partial charge in [0.15, 0.2) is 0 Å². The molecular weight excluding hydrogens is 212 g/mol. The second-order valence-electron chi connectivity index (χ2n) is 2.49. The molecule has 0 unspecified atom stereocenters. The molecule has 0 aliphatic rings. The van der Waals surface area contributed by atoms with Crippen LogP contribution in [0.3, 0.4) is 0 Å². The zero-order valence-corrected chi connectivity index (χ0v) is 7.72. The van der Waals surface area contributed by atoms with Crippen LogP contribution in [0.4, 0.5) is 14.5 Å². The highest BCUT2D eigenvalue weighted by Gasteiger charge is 2.40. The van der Waals surface area contributed by atoms with Gasteiger partial charge >= 0.3 is 11.2 Å². The predicted octanol–water partition coefficient (Wildman–Crippen LogP) is 2.04. The van der Waals surface area contributed by atoms with E-state index in [-0.39, 0.29) is 16.7 Å². The van der Waals surface area contributed by atoms with Gasteiger partial charge in [-0.2, -0.15) is 8.78 Å². The first kappa shape index (κ1) is 10.8. The summed E-state index contributed by atoms with van der Waals surface area (Å²) in [6, 6.07) is 5.55. The second kappa shape index (κ2) is 3.83. The van der Waals surface area contributed by atoms with Gasteiger partial charge in [0.2, 0.25) is 0 Å². The smallest absolute Gasteiger partial charge is 0.393 e. The number of anilines is 1. The van der Waals surface area contributed by atoms with Crippen molar-refractivity contribution >= 4 is 23.4 Å². The molecule has 0 aliphatic heterocycles. The summed E-state index contributed by atoms with van der Waals surface area (Å²) in [5, 5.41) is 4.35. The maximum Gasteiger partial charge on any atom is 0.393 e. The Morgan fingerprint density at radius 2 is 1.86 bits per heavy atom. The van der Waals surface area contributed by atoms with Crippen LogP contribution in [0.2, 0.25) is 0 Å². The summed E-state index contributed by atoms with van der Waals surface area (Å²) in [4.78, 5) is 10.3. The lowest BCUT2D eigenvalue weighted by Gasteiger charge is -2.09. The number of aliphatic carboxylic acids is 1. The van der Waals surface area contributed by atoms with Gasteiger partial charge in [-0.1, -0.05) is 0 Å². The van der Waals surface area contributed by atoms with Crippen molar-refractivity contribution < 1.29 is 18.7 Å². The average Bonchev–Trinajstić information content (AvgIpc) is 2.08. The van der Waals surface area contributed by atoms with Gasteiger partial charge in [-0.05, 0) is 36.0 Å². The van der Waals surface area contributed by atoms with Crippen molar-refractivity contribution in [2.45, 2.75) is 10.2 Å². The van der Waals surface area contributed by atoms with E-state index in [0.717, 1.165) is 0 Å². The van der Waals surface area contributed by atoms with Crippen LogP contribution in [0.15, 0.2) is 29.2 Å². The molecule has 0 radical (unpaired) electrons. The summed E-state index contributed by atoms with van der Waals surface area (Å²) in [5.41, 5.74) is 5.78. The van der Waals surface area contributed by atoms with Crippen molar-refractivity contribution in [1.82, 2.24) is 0 Å². The number of thioether (sulfide) groups is 1. The molecule has 0 saturated carbocycles. The minimum atomic E-state index is -3.81. The Kier molecular flexibility index (Phi) is 2.95. The number of halogens is 2. The lowest BCUT2D eigenvalue weighted by Crippen LogP contribution is -2.23. The average molecular weight is 219 g/mol. The molecule has 0 heterocycles. The maximum atomic E-state index is 12.7. The van der Waals surface area contributed by atoms with Crippen LogP contribution in [0.25, 0.3) is 0 Å². The second-order valence-corrected chi connectivity index (χ2v) is 3.68. The SMILES string of the molecule is Nc1ccc(SC(F)(F)C(=O)O)cc1. The molecule has 0 aromatic heterocycles. The minimum absolute atomic E-state index is 0.0257. The number of benzene rings is 1. The molecule has 0 atom stereocenters. The molecule has 0 spiro atoms. The van der Waals surface area contributed by atoms with Crippen molar-refractivity contribution in [3.8, 4) is 0 Å². The number of rotatable bonds is 3. The number of carboxylic acids is 1. The fourth-order valence-corrected chi connectivity index (χ4v) is 1.38. The van der Waals surface area contributed by atoms with Crippen LogP contribution in [0.1, 0.15) is 0 Å². The number of nitrogen functional groups attached to an aromatic ring is 1. The minimum Gasteiger partial charge on any atom is -0.476 e. The van der Waals surface area contributed by atoms with Gasteiger partial charge in [-0.25, -0.2) is 4.79 Å². The standard InChI is InChI=1S/C8H7F2NO2S/c9-8(10,7(12)13)14-6-3-1-5(11)2-4-6/h1-4H,11H2,(H,12,13). The van der Waals surface area contributed by atoms with Gasteiger partial charge in [-0.15, -0.1) is 0 Å². The number of carboxylic acid groups (broad SMARTS) is 1. The van der Waals surface area contributed by atoms with Gasteiger partial charge in [-0.3, -0.25) is 0 Å². The Bertz CT molecular complexity index is 340. The number of nitrogens with two attached hydrogens (primary N) is 1. The van der Waals surface area contributed by atoms with Gasteiger partial charge in [0.1, 0.15) is 0 Å². The zero-order chi connectivity index (χ0) is 10.8. The molecule has 1 aromatic carbocycles. The first-order valence-electron chi connectivity index (χ1n) is 3.57. The molecule has 1 aromatic rings. The third-order valence-electron chi connectivity index (χ3n) is 1.38. The van der Waals surface area contributed by atoms with Crippen LogP contribution < -0.4 is 5.73 Å². The van der Waals surface area contributed by atoms with Gasteiger partial charge in [0.25, 0.3) is 0 Å². The van der Waals surface area contributed by atoms with E-state index in [0.29, 0.717) is 5.69 Å². The quantitative estimate of drug-likeness (QED) is 0.603. The third kappa shape index (κ3) is 2.59. The third-order valence-corrected chi connectivity index (χ3v) is 2.31. The van der Waals surface area contributed by atoms with Gasteiger partial charge in [0.05, 0.1) is 0 Å². The lowest BCUT2D eigenvalue weighted by molar-refractivity contribution is -0.152. The fourth-order valence-electron chi connectivity index (χ4n) is 0.728. The number of hydrogen-bond donors (Lipinski definition) is 2. The molecule has 0 aliphatic carbocycles. The van der Waals surface area contributed by atoms with Crippen LogP contribution >= 0.6 is 11.8 Å². The summed E-state index contributed by atoms with van der Waals surface area (Å²) in [6.07, 6.45) is 0. The van der Waals surface area contributed by atoms with Crippen LogP contribution in [-0.2, 0) is 4.79 Å². The number of alkyl halides is 2. The van der Waals surface area contributed by atoms with E-state index >= 15 is 0 Å². The van der Waals surface area contributed by atoms with E-state index in [4.69, 9.17) is 10.8 Å². The molecule has 3 nitrogen and oxygen atoms in total. The van der Waals surface area contributed by atoms with Crippen molar-refractivity contribution in [2.24, 2.45) is 0 Å². The molecule has 0 fully saturated rings. The van der Waals surface area contributed by atoms with E-state index in [1.165, 1.54) is 24.3 Å². The predicted molar refractivity (Wildman–Crippen MR) is 49.3 cm³/mol. The summed E-state index contributed by atoms with van der Waals surface area (Å²) >= 11 is -0.0257. The monoisotopic (exact) mass is 219 g/mol. The number of hydrogen-bond acceptors (Lipinski definition) is 3. The van der Waals surface area contributed by atoms with E-state index in [1.54, 1.807) is 0 Å². The topological polar surface area (TPSA) is 63.3 Å². The van der Waals surface area contributed by atoms with E-state index in [1.807, 2.05) is 0 Å². The van der Waals surface area contributed by atoms with Crippen LogP contribution in [0, 0.1) is 0 Å². The molecule has 0 saturated heterocycles. The largest absolute Gasteiger partial charge is 0.476 e. The highest BCUT2D eigenvalue weighted by atomic mass is 32.2. The molecular formula is C8H7F2NO2S. The summed E-state index contributed by atoms with van der Waals surface area (Å²) < 4.78 is 25.3. The Morgan fingerprint density at radius 1 is 1.36 bits per heavy atom. The van der Waals surface area contributed by atoms with Gasteiger partial charge in [0, 0.05) is 10.6 Å². The Labute approximate surface area is 82.9 Å². The molecule has 1 rings (SSSR count). The van der Waals surface area contributed by atoms with E-state index in [2.05, 4.69) is 0 Å². The highest BCUT2D eigenvalue weighted by molar-refractivity contribution is 8.01. The molecule has 0 bridgehead atoms. The summed E-state index contributed by atoms with van der Waals surface area (Å²) in [7, 11) is 0. The van der Waals surface area contributed by atoms with Crippen molar-refractivity contribution in [3.63, 3.8) is 0 Å². The normalized spacial score (nSPS) is 11.3. The fraction of sp³-hybridized carbons (Fsp3) is 0.125. The maximum absolute atomic E-state index is 12.7. The lowest BCUT2D eigenvalue weighted by atomic mass is 10.3. The number of carbonyl (C=O) groups is 1. The van der Waals surface area contributed by atoms with E-state index < -0.39 is 11.2 Å². The summed E-state index contributed by atoms with van der Waals surface area (Å²) in [5.74, 6) is -2.15. The molecule has 76 valence electrons. The molecule has 3 N–H and O–H groups in total. The van der Waals surface area contributed by atoms with Crippen molar-refractivity contribution in [1.29, 1.82) is 0 Å². The van der Waals surface area contributed by atoms with Gasteiger partial charge < -0.3 is 10.8 Å². The molecule has 14 heavy (non-hydrogen) atoms. The Morgan fingerprint density at radius 3 is 2.29 bits per heavy atom. The van der Waals surface area contributed by atoms with Crippen molar-refractivity contribution in [2.75, 3.05) is 5.73 Å². The Hall–Kier alpha value is -1.30. The molecule has 6 heteroatoms. The van der Waals surface area contributed by atoms with Crippen molar-refractivity contribution in [3.05, 3.63) is 24.3 Å². The van der Waals surface area contributed by atoms with Crippen LogP contribution in [0.5, 0.6) is 0 Å². The Balaban J connectivity index is 2.79. The van der Waals surface area contributed by atoms with Crippen LogP contribution in [-0.4, -0.2) is 16.3 Å².